The minimum absolute atomic E-state index is 0.264. The van der Waals surface area contributed by atoms with Gasteiger partial charge in [0.05, 0.1) is 6.42 Å². The van der Waals surface area contributed by atoms with Crippen molar-refractivity contribution in [2.75, 3.05) is 13.1 Å². The summed E-state index contributed by atoms with van der Waals surface area (Å²) >= 11 is 0. The number of carbonyl (C=O) groups excluding carboxylic acids is 2. The number of piperidine rings is 1. The molecular weight excluding hydrogens is 270 g/mol. The van der Waals surface area contributed by atoms with Crippen LogP contribution in [0.15, 0.2) is 30.3 Å². The first-order valence-electron chi connectivity index (χ1n) is 7.08. The fourth-order valence-electron chi connectivity index (χ4n) is 2.52. The van der Waals surface area contributed by atoms with Gasteiger partial charge in [0.2, 0.25) is 5.91 Å². The number of carbonyl (C=O) groups is 2. The number of amides is 2. The molecule has 0 aromatic heterocycles. The third-order valence-corrected chi connectivity index (χ3v) is 3.84. The summed E-state index contributed by atoms with van der Waals surface area (Å²) < 4.78 is 5.29. The highest BCUT2D eigenvalue weighted by molar-refractivity contribution is 5.75. The molecule has 2 rings (SSSR count). The number of benzene rings is 1. The van der Waals surface area contributed by atoms with E-state index in [1.54, 1.807) is 4.90 Å². The number of nitrogens with zero attached hydrogens (tertiary/aromatic N) is 1. The third kappa shape index (κ3) is 4.46. The fraction of sp³-hybridized carbons (Fsp3) is 0.467. The molecule has 1 heterocycles. The average molecular weight is 292 g/mol. The normalized spacial score (nSPS) is 17.3. The van der Waals surface area contributed by atoms with Crippen LogP contribution < -0.4 is 11.5 Å². The Kier molecular flexibility index (Phi) is 4.80. The van der Waals surface area contributed by atoms with Crippen LogP contribution in [0.25, 0.3) is 0 Å². The lowest BCUT2D eigenvalue weighted by Crippen LogP contribution is -2.76. The van der Waals surface area contributed by atoms with Gasteiger partial charge in [0, 0.05) is 25.9 Å². The highest BCUT2D eigenvalue weighted by Crippen LogP contribution is 2.21. The maximum Gasteiger partial charge on any atom is 0.410 e. The zero-order valence-corrected chi connectivity index (χ0v) is 12.1. The Labute approximate surface area is 124 Å². The summed E-state index contributed by atoms with van der Waals surface area (Å²) in [6, 6.07) is 9.56. The number of ether oxygens (including phenoxy) is 1. The van der Waals surface area contributed by atoms with Crippen LogP contribution in [0.2, 0.25) is 0 Å². The van der Waals surface area contributed by atoms with Crippen molar-refractivity contribution < 1.29 is 20.1 Å². The van der Waals surface area contributed by atoms with Crippen LogP contribution in [0.5, 0.6) is 0 Å². The molecule has 114 valence electrons. The highest BCUT2D eigenvalue weighted by Gasteiger charge is 2.37. The molecule has 2 amide bonds. The van der Waals surface area contributed by atoms with E-state index < -0.39 is 0 Å². The van der Waals surface area contributed by atoms with Gasteiger partial charge in [-0.1, -0.05) is 30.3 Å². The molecule has 1 saturated heterocycles. The Morgan fingerprint density at radius 3 is 2.43 bits per heavy atom. The minimum atomic E-state index is -0.345. The molecule has 5 N–H and O–H groups in total. The van der Waals surface area contributed by atoms with Gasteiger partial charge in [-0.05, 0) is 5.56 Å². The first kappa shape index (κ1) is 15.3. The predicted molar refractivity (Wildman–Crippen MR) is 76.9 cm³/mol. The van der Waals surface area contributed by atoms with Gasteiger partial charge < -0.3 is 21.1 Å². The first-order chi connectivity index (χ1) is 9.98. The monoisotopic (exact) mass is 292 g/mol. The van der Waals surface area contributed by atoms with Crippen molar-refractivity contribution in [1.82, 2.24) is 4.90 Å². The van der Waals surface area contributed by atoms with Crippen LogP contribution in [0.4, 0.5) is 4.79 Å². The summed E-state index contributed by atoms with van der Waals surface area (Å²) in [5.41, 5.74) is 9.92. The predicted octanol–water partition coefficient (Wildman–Crippen LogP) is 0.275. The van der Waals surface area contributed by atoms with E-state index in [1.165, 1.54) is 0 Å². The lowest BCUT2D eigenvalue weighted by atomic mass is 9.85. The van der Waals surface area contributed by atoms with Gasteiger partial charge >= 0.3 is 6.09 Å². The summed E-state index contributed by atoms with van der Waals surface area (Å²) in [5, 5.41) is 0. The van der Waals surface area contributed by atoms with Gasteiger partial charge in [0.15, 0.2) is 0 Å². The Balaban J connectivity index is 1.79. The maximum atomic E-state index is 12.0. The second-order valence-electron chi connectivity index (χ2n) is 5.67. The smallest absolute Gasteiger partial charge is 0.410 e. The van der Waals surface area contributed by atoms with Crippen molar-refractivity contribution in [3.05, 3.63) is 35.9 Å². The largest absolute Gasteiger partial charge is 0.445 e. The van der Waals surface area contributed by atoms with Crippen molar-refractivity contribution in [2.24, 2.45) is 5.73 Å². The van der Waals surface area contributed by atoms with E-state index in [4.69, 9.17) is 10.5 Å². The Bertz CT molecular complexity index is 496. The summed E-state index contributed by atoms with van der Waals surface area (Å²) in [6.45, 7) is 1.36. The lowest BCUT2D eigenvalue weighted by Gasteiger charge is -2.35. The quantitative estimate of drug-likeness (QED) is 0.833. The fourth-order valence-corrected chi connectivity index (χ4v) is 2.52. The number of hydrogen-bond donors (Lipinski definition) is 2. The summed E-state index contributed by atoms with van der Waals surface area (Å²) in [5.74, 6) is -0.342. The molecular formula is C15H22N3O3+. The number of likely N-dealkylation sites (tertiary alicyclic amines) is 1. The number of nitrogens with two attached hydrogens (primary N) is 1. The van der Waals surface area contributed by atoms with E-state index in [1.807, 2.05) is 30.3 Å². The summed E-state index contributed by atoms with van der Waals surface area (Å²) in [7, 11) is 0. The second-order valence-corrected chi connectivity index (χ2v) is 5.67. The molecule has 0 aliphatic carbocycles. The first-order valence-corrected chi connectivity index (χ1v) is 7.08. The third-order valence-electron chi connectivity index (χ3n) is 3.84. The molecule has 0 saturated carbocycles. The van der Waals surface area contributed by atoms with Crippen molar-refractivity contribution >= 4 is 12.0 Å². The van der Waals surface area contributed by atoms with Crippen molar-refractivity contribution in [2.45, 2.75) is 31.4 Å². The molecule has 0 atom stereocenters. The van der Waals surface area contributed by atoms with Gasteiger partial charge in [0.1, 0.15) is 12.1 Å². The van der Waals surface area contributed by atoms with E-state index in [-0.39, 0.29) is 30.6 Å². The molecule has 6 nitrogen and oxygen atoms in total. The van der Waals surface area contributed by atoms with Gasteiger partial charge in [-0.3, -0.25) is 4.79 Å². The molecule has 1 aliphatic heterocycles. The van der Waals surface area contributed by atoms with Gasteiger partial charge in [0.25, 0.3) is 0 Å². The van der Waals surface area contributed by atoms with E-state index in [9.17, 15) is 9.59 Å². The molecule has 1 aromatic carbocycles. The van der Waals surface area contributed by atoms with E-state index >= 15 is 0 Å². The van der Waals surface area contributed by atoms with Crippen LogP contribution in [0.1, 0.15) is 24.8 Å². The minimum Gasteiger partial charge on any atom is -0.445 e. The van der Waals surface area contributed by atoms with Crippen molar-refractivity contribution in [3.63, 3.8) is 0 Å². The van der Waals surface area contributed by atoms with Crippen LogP contribution in [-0.4, -0.2) is 35.5 Å². The number of primary amides is 1. The van der Waals surface area contributed by atoms with E-state index in [2.05, 4.69) is 5.73 Å². The molecule has 21 heavy (non-hydrogen) atoms. The van der Waals surface area contributed by atoms with Gasteiger partial charge in [-0.2, -0.15) is 0 Å². The van der Waals surface area contributed by atoms with Crippen LogP contribution in [0, 0.1) is 0 Å². The zero-order chi connectivity index (χ0) is 15.3. The number of quaternary nitrogens is 1. The SMILES string of the molecule is NC(=O)CC1([NH3+])CCN(C(=O)OCc2ccccc2)CC1. The van der Waals surface area contributed by atoms with Crippen molar-refractivity contribution in [3.8, 4) is 0 Å². The van der Waals surface area contributed by atoms with Crippen molar-refractivity contribution in [1.29, 1.82) is 0 Å². The lowest BCUT2D eigenvalue weighted by molar-refractivity contribution is -0.483. The number of rotatable bonds is 4. The van der Waals surface area contributed by atoms with Crippen LogP contribution >= 0.6 is 0 Å². The number of hydrogen-bond acceptors (Lipinski definition) is 3. The molecule has 1 aliphatic rings. The molecule has 0 bridgehead atoms. The van der Waals surface area contributed by atoms with E-state index in [0.717, 1.165) is 5.56 Å². The van der Waals surface area contributed by atoms with Crippen LogP contribution in [0.3, 0.4) is 0 Å². The molecule has 0 radical (unpaired) electrons. The Morgan fingerprint density at radius 1 is 1.24 bits per heavy atom. The Hall–Kier alpha value is -2.08. The highest BCUT2D eigenvalue weighted by atomic mass is 16.6. The average Bonchev–Trinajstić information content (AvgIpc) is 2.45. The molecule has 0 unspecified atom stereocenters. The van der Waals surface area contributed by atoms with E-state index in [0.29, 0.717) is 25.9 Å². The topological polar surface area (TPSA) is 100 Å². The zero-order valence-electron chi connectivity index (χ0n) is 12.1. The summed E-state index contributed by atoms with van der Waals surface area (Å²) in [6.07, 6.45) is 1.27. The van der Waals surface area contributed by atoms with Gasteiger partial charge in [-0.25, -0.2) is 4.79 Å². The summed E-state index contributed by atoms with van der Waals surface area (Å²) in [4.78, 5) is 24.7. The molecule has 6 heteroatoms. The molecule has 1 aromatic rings. The van der Waals surface area contributed by atoms with Gasteiger partial charge in [-0.15, -0.1) is 0 Å². The molecule has 1 fully saturated rings. The maximum absolute atomic E-state index is 12.0. The Morgan fingerprint density at radius 2 is 1.86 bits per heavy atom. The molecule has 0 spiro atoms. The van der Waals surface area contributed by atoms with Crippen LogP contribution in [-0.2, 0) is 16.1 Å². The standard InChI is InChI=1S/C15H21N3O3/c16-13(19)10-15(17)6-8-18(9-7-15)14(20)21-11-12-4-2-1-3-5-12/h1-5H,6-11,17H2,(H2,16,19)/p+1. The second kappa shape index (κ2) is 6.58.